The van der Waals surface area contributed by atoms with Gasteiger partial charge in [0.05, 0.1) is 5.69 Å². The molecular weight excluding hydrogens is 452 g/mol. The second-order valence-corrected chi connectivity index (χ2v) is 8.23. The Morgan fingerprint density at radius 3 is 2.35 bits per heavy atom. The molecule has 0 aliphatic heterocycles. The Bertz CT molecular complexity index is 1250. The van der Waals surface area contributed by atoms with Gasteiger partial charge in [-0.15, -0.1) is 0 Å². The van der Waals surface area contributed by atoms with Crippen LogP contribution in [0.1, 0.15) is 35.0 Å². The zero-order chi connectivity index (χ0) is 23.9. The summed E-state index contributed by atoms with van der Waals surface area (Å²) in [5.41, 5.74) is 3.40. The number of carbonyl (C=O) groups is 1. The number of hydrogen-bond acceptors (Lipinski definition) is 4. The molecule has 1 heterocycles. The SMILES string of the molecule is CCCn1nc(-c2ccc(OCc3ccc(Cl)cc3)cc2OCc2ccccc2)cc1C(=O)O. The van der Waals surface area contributed by atoms with Crippen LogP contribution in [-0.4, -0.2) is 20.9 Å². The lowest BCUT2D eigenvalue weighted by Crippen LogP contribution is -2.09. The minimum Gasteiger partial charge on any atom is -0.489 e. The number of nitrogens with zero attached hydrogens (tertiary/aromatic N) is 2. The predicted molar refractivity (Wildman–Crippen MR) is 131 cm³/mol. The summed E-state index contributed by atoms with van der Waals surface area (Å²) in [4.78, 5) is 11.7. The molecule has 0 saturated carbocycles. The topological polar surface area (TPSA) is 73.6 Å². The van der Waals surface area contributed by atoms with Gasteiger partial charge in [0.15, 0.2) is 0 Å². The second kappa shape index (κ2) is 10.9. The van der Waals surface area contributed by atoms with Crippen LogP contribution < -0.4 is 9.47 Å². The molecule has 7 heteroatoms. The van der Waals surface area contributed by atoms with Gasteiger partial charge in [0.2, 0.25) is 0 Å². The van der Waals surface area contributed by atoms with Crippen molar-refractivity contribution in [3.05, 3.63) is 101 Å². The number of aromatic carboxylic acids is 1. The van der Waals surface area contributed by atoms with E-state index in [2.05, 4.69) is 5.10 Å². The van der Waals surface area contributed by atoms with E-state index < -0.39 is 5.97 Å². The Morgan fingerprint density at radius 2 is 1.65 bits per heavy atom. The van der Waals surface area contributed by atoms with Crippen LogP contribution in [0.25, 0.3) is 11.3 Å². The number of ether oxygens (including phenoxy) is 2. The van der Waals surface area contributed by atoms with Crippen molar-refractivity contribution in [2.75, 3.05) is 0 Å². The lowest BCUT2D eigenvalue weighted by atomic mass is 10.1. The first-order chi connectivity index (χ1) is 16.5. The smallest absolute Gasteiger partial charge is 0.354 e. The van der Waals surface area contributed by atoms with Crippen LogP contribution in [0.5, 0.6) is 11.5 Å². The van der Waals surface area contributed by atoms with Crippen molar-refractivity contribution in [2.45, 2.75) is 33.1 Å². The molecule has 0 amide bonds. The highest BCUT2D eigenvalue weighted by molar-refractivity contribution is 6.30. The maximum Gasteiger partial charge on any atom is 0.354 e. The van der Waals surface area contributed by atoms with Crippen LogP contribution in [0, 0.1) is 0 Å². The normalized spacial score (nSPS) is 10.8. The van der Waals surface area contributed by atoms with Crippen molar-refractivity contribution < 1.29 is 19.4 Å². The van der Waals surface area contributed by atoms with E-state index in [0.717, 1.165) is 17.5 Å². The van der Waals surface area contributed by atoms with E-state index in [1.54, 1.807) is 6.07 Å². The van der Waals surface area contributed by atoms with Crippen molar-refractivity contribution in [2.24, 2.45) is 0 Å². The average molecular weight is 477 g/mol. The fourth-order valence-corrected chi connectivity index (χ4v) is 3.63. The van der Waals surface area contributed by atoms with E-state index in [0.29, 0.717) is 47.5 Å². The Hall–Kier alpha value is -3.77. The van der Waals surface area contributed by atoms with Gasteiger partial charge in [0.25, 0.3) is 0 Å². The predicted octanol–water partition coefficient (Wildman–Crippen LogP) is 6.47. The highest BCUT2D eigenvalue weighted by atomic mass is 35.5. The standard InChI is InChI=1S/C27H25ClN2O4/c1-2-14-30-25(27(31)32)16-24(29-30)23-13-12-22(33-17-20-8-10-21(28)11-9-20)15-26(23)34-18-19-6-4-3-5-7-19/h3-13,15-16H,2,14,17-18H2,1H3,(H,31,32). The zero-order valence-electron chi connectivity index (χ0n) is 18.8. The largest absolute Gasteiger partial charge is 0.489 e. The van der Waals surface area contributed by atoms with E-state index in [4.69, 9.17) is 21.1 Å². The van der Waals surface area contributed by atoms with E-state index in [1.165, 1.54) is 4.68 Å². The number of aryl methyl sites for hydroxylation is 1. The Morgan fingerprint density at radius 1 is 0.941 bits per heavy atom. The molecule has 0 bridgehead atoms. The van der Waals surface area contributed by atoms with E-state index in [1.807, 2.05) is 79.7 Å². The van der Waals surface area contributed by atoms with E-state index in [9.17, 15) is 9.90 Å². The van der Waals surface area contributed by atoms with Gasteiger partial charge in [-0.3, -0.25) is 4.68 Å². The van der Waals surface area contributed by atoms with Crippen LogP contribution in [-0.2, 0) is 19.8 Å². The number of carboxylic acid groups (broad SMARTS) is 1. The van der Waals surface area contributed by atoms with Crippen LogP contribution in [0.3, 0.4) is 0 Å². The van der Waals surface area contributed by atoms with Crippen molar-refractivity contribution in [3.8, 4) is 22.8 Å². The van der Waals surface area contributed by atoms with Crippen molar-refractivity contribution in [1.29, 1.82) is 0 Å². The number of carboxylic acids is 1. The Labute approximate surface area is 203 Å². The Balaban J connectivity index is 1.63. The van der Waals surface area contributed by atoms with Crippen LogP contribution in [0.4, 0.5) is 0 Å². The molecule has 6 nitrogen and oxygen atoms in total. The molecule has 0 fully saturated rings. The average Bonchev–Trinajstić information content (AvgIpc) is 3.27. The highest BCUT2D eigenvalue weighted by Gasteiger charge is 2.18. The molecule has 0 radical (unpaired) electrons. The summed E-state index contributed by atoms with van der Waals surface area (Å²) >= 11 is 5.96. The van der Waals surface area contributed by atoms with Crippen LogP contribution in [0.15, 0.2) is 78.9 Å². The first kappa shape index (κ1) is 23.4. The molecule has 3 aromatic carbocycles. The highest BCUT2D eigenvalue weighted by Crippen LogP contribution is 2.34. The van der Waals surface area contributed by atoms with Gasteiger partial charge < -0.3 is 14.6 Å². The molecular formula is C27H25ClN2O4. The molecule has 1 aromatic heterocycles. The lowest BCUT2D eigenvalue weighted by Gasteiger charge is -2.13. The third-order valence-electron chi connectivity index (χ3n) is 5.22. The van der Waals surface area contributed by atoms with Gasteiger partial charge in [-0.05, 0) is 47.9 Å². The van der Waals surface area contributed by atoms with Gasteiger partial charge in [0.1, 0.15) is 30.4 Å². The van der Waals surface area contributed by atoms with Gasteiger partial charge in [-0.1, -0.05) is 61.0 Å². The molecule has 0 unspecified atom stereocenters. The second-order valence-electron chi connectivity index (χ2n) is 7.79. The van der Waals surface area contributed by atoms with E-state index >= 15 is 0 Å². The number of benzene rings is 3. The van der Waals surface area contributed by atoms with Crippen molar-refractivity contribution in [1.82, 2.24) is 9.78 Å². The number of halogens is 1. The van der Waals surface area contributed by atoms with Crippen LogP contribution in [0.2, 0.25) is 5.02 Å². The summed E-state index contributed by atoms with van der Waals surface area (Å²) in [7, 11) is 0. The molecule has 0 spiro atoms. The molecule has 4 rings (SSSR count). The third-order valence-corrected chi connectivity index (χ3v) is 5.47. The number of rotatable bonds is 10. The lowest BCUT2D eigenvalue weighted by molar-refractivity contribution is 0.0683. The molecule has 0 aliphatic carbocycles. The maximum atomic E-state index is 11.7. The Kier molecular flexibility index (Phi) is 7.50. The third kappa shape index (κ3) is 5.77. The summed E-state index contributed by atoms with van der Waals surface area (Å²) in [6.45, 7) is 3.23. The minimum atomic E-state index is -1.01. The number of hydrogen-bond donors (Lipinski definition) is 1. The first-order valence-electron chi connectivity index (χ1n) is 11.0. The van der Waals surface area contributed by atoms with Crippen molar-refractivity contribution in [3.63, 3.8) is 0 Å². The van der Waals surface area contributed by atoms with Crippen LogP contribution >= 0.6 is 11.6 Å². The monoisotopic (exact) mass is 476 g/mol. The molecule has 4 aromatic rings. The maximum absolute atomic E-state index is 11.7. The summed E-state index contributed by atoms with van der Waals surface area (Å²) in [6, 6.07) is 24.4. The summed E-state index contributed by atoms with van der Waals surface area (Å²) in [5, 5.41) is 14.8. The molecule has 34 heavy (non-hydrogen) atoms. The van der Waals surface area contributed by atoms with Crippen molar-refractivity contribution >= 4 is 17.6 Å². The summed E-state index contributed by atoms with van der Waals surface area (Å²) < 4.78 is 13.7. The summed E-state index contributed by atoms with van der Waals surface area (Å²) in [5.74, 6) is 0.186. The molecule has 0 atom stereocenters. The zero-order valence-corrected chi connectivity index (χ0v) is 19.5. The quantitative estimate of drug-likeness (QED) is 0.284. The van der Waals surface area contributed by atoms with E-state index in [-0.39, 0.29) is 5.69 Å². The molecule has 174 valence electrons. The van der Waals surface area contributed by atoms with Gasteiger partial charge >= 0.3 is 5.97 Å². The number of aromatic nitrogens is 2. The molecule has 0 aliphatic rings. The fourth-order valence-electron chi connectivity index (χ4n) is 3.51. The first-order valence-corrected chi connectivity index (χ1v) is 11.4. The van der Waals surface area contributed by atoms with Gasteiger partial charge in [-0.2, -0.15) is 5.10 Å². The van der Waals surface area contributed by atoms with Gasteiger partial charge in [0, 0.05) is 23.2 Å². The summed E-state index contributed by atoms with van der Waals surface area (Å²) in [6.07, 6.45) is 0.774. The molecule has 0 saturated heterocycles. The fraction of sp³-hybridized carbons (Fsp3) is 0.185. The van der Waals surface area contributed by atoms with Gasteiger partial charge in [-0.25, -0.2) is 4.79 Å². The minimum absolute atomic E-state index is 0.147. The molecule has 1 N–H and O–H groups in total.